The van der Waals surface area contributed by atoms with Gasteiger partial charge in [0.05, 0.1) is 12.7 Å². The van der Waals surface area contributed by atoms with E-state index in [2.05, 4.69) is 10.1 Å². The maximum absolute atomic E-state index is 12.2. The number of hydrogen-bond donors (Lipinski definition) is 1. The molecule has 22 heavy (non-hydrogen) atoms. The van der Waals surface area contributed by atoms with Crippen molar-refractivity contribution in [3.63, 3.8) is 0 Å². The molecule has 1 unspecified atom stereocenters. The zero-order valence-electron chi connectivity index (χ0n) is 12.0. The van der Waals surface area contributed by atoms with Crippen molar-refractivity contribution in [3.8, 4) is 5.75 Å². The van der Waals surface area contributed by atoms with Gasteiger partial charge >= 0.3 is 5.97 Å². The number of anilines is 1. The summed E-state index contributed by atoms with van der Waals surface area (Å²) in [5, 5.41) is 2.79. The molecule has 1 amide bonds. The minimum atomic E-state index is -0.530. The van der Waals surface area contributed by atoms with E-state index in [-0.39, 0.29) is 5.91 Å². The van der Waals surface area contributed by atoms with E-state index >= 15 is 0 Å². The number of esters is 1. The SMILES string of the molecule is COC(=O)c1ccc(NC(=O)C2Cc3ccccc3O2)cc1. The summed E-state index contributed by atoms with van der Waals surface area (Å²) in [7, 11) is 1.33. The summed E-state index contributed by atoms with van der Waals surface area (Å²) in [5.74, 6) is 0.137. The molecule has 0 saturated carbocycles. The van der Waals surface area contributed by atoms with Gasteiger partial charge in [0.15, 0.2) is 6.10 Å². The smallest absolute Gasteiger partial charge is 0.337 e. The zero-order valence-corrected chi connectivity index (χ0v) is 12.0. The van der Waals surface area contributed by atoms with Crippen molar-refractivity contribution in [2.24, 2.45) is 0 Å². The van der Waals surface area contributed by atoms with Crippen LogP contribution < -0.4 is 10.1 Å². The molecule has 5 heteroatoms. The molecule has 0 spiro atoms. The second kappa shape index (κ2) is 5.89. The third-order valence-electron chi connectivity index (χ3n) is 3.51. The normalized spacial score (nSPS) is 15.6. The molecule has 2 aromatic carbocycles. The standard InChI is InChI=1S/C17H15NO4/c1-21-17(20)11-6-8-13(9-7-11)18-16(19)15-10-12-4-2-3-5-14(12)22-15/h2-9,15H,10H2,1H3,(H,18,19). The van der Waals surface area contributed by atoms with Crippen LogP contribution in [0.4, 0.5) is 5.69 Å². The number of carbonyl (C=O) groups excluding carboxylic acids is 2. The molecular formula is C17H15NO4. The minimum absolute atomic E-state index is 0.206. The van der Waals surface area contributed by atoms with Crippen molar-refractivity contribution in [2.75, 3.05) is 12.4 Å². The maximum Gasteiger partial charge on any atom is 0.337 e. The first-order chi connectivity index (χ1) is 10.7. The molecule has 1 aliphatic rings. The lowest BCUT2D eigenvalue weighted by atomic mass is 10.1. The Labute approximate surface area is 127 Å². The Morgan fingerprint density at radius 1 is 1.14 bits per heavy atom. The van der Waals surface area contributed by atoms with Gasteiger partial charge in [-0.05, 0) is 35.9 Å². The third-order valence-corrected chi connectivity index (χ3v) is 3.51. The summed E-state index contributed by atoms with van der Waals surface area (Å²) in [4.78, 5) is 23.6. The largest absolute Gasteiger partial charge is 0.480 e. The number of rotatable bonds is 3. The average molecular weight is 297 g/mol. The summed E-state index contributed by atoms with van der Waals surface area (Å²) in [5.41, 5.74) is 2.07. The van der Waals surface area contributed by atoms with Crippen molar-refractivity contribution >= 4 is 17.6 Å². The van der Waals surface area contributed by atoms with Gasteiger partial charge in [-0.3, -0.25) is 4.79 Å². The summed E-state index contributed by atoms with van der Waals surface area (Å²) in [6.07, 6.45) is 0.0279. The van der Waals surface area contributed by atoms with Gasteiger partial charge in [-0.15, -0.1) is 0 Å². The summed E-state index contributed by atoms with van der Waals surface area (Å²) in [6.45, 7) is 0. The minimum Gasteiger partial charge on any atom is -0.480 e. The van der Waals surface area contributed by atoms with Crippen molar-refractivity contribution < 1.29 is 19.1 Å². The van der Waals surface area contributed by atoms with Crippen LogP contribution in [0.2, 0.25) is 0 Å². The van der Waals surface area contributed by atoms with Gasteiger partial charge in [0.1, 0.15) is 5.75 Å². The van der Waals surface area contributed by atoms with Gasteiger partial charge in [-0.2, -0.15) is 0 Å². The van der Waals surface area contributed by atoms with Crippen molar-refractivity contribution in [1.82, 2.24) is 0 Å². The molecule has 3 rings (SSSR count). The lowest BCUT2D eigenvalue weighted by molar-refractivity contribution is -0.122. The molecule has 5 nitrogen and oxygen atoms in total. The van der Waals surface area contributed by atoms with Crippen molar-refractivity contribution in [3.05, 3.63) is 59.7 Å². The third kappa shape index (κ3) is 2.79. The van der Waals surface area contributed by atoms with E-state index in [0.29, 0.717) is 17.7 Å². The molecular weight excluding hydrogens is 282 g/mol. The molecule has 1 heterocycles. The number of amides is 1. The lowest BCUT2D eigenvalue weighted by Gasteiger charge is -2.11. The van der Waals surface area contributed by atoms with Crippen LogP contribution >= 0.6 is 0 Å². The maximum atomic E-state index is 12.2. The highest BCUT2D eigenvalue weighted by Crippen LogP contribution is 2.28. The molecule has 1 N–H and O–H groups in total. The van der Waals surface area contributed by atoms with E-state index in [9.17, 15) is 9.59 Å². The number of ether oxygens (including phenoxy) is 2. The van der Waals surface area contributed by atoms with Gasteiger partial charge in [0, 0.05) is 12.1 Å². The molecule has 0 bridgehead atoms. The molecule has 0 radical (unpaired) electrons. The van der Waals surface area contributed by atoms with E-state index in [1.807, 2.05) is 24.3 Å². The van der Waals surface area contributed by atoms with Crippen LogP contribution in [0, 0.1) is 0 Å². The Hall–Kier alpha value is -2.82. The molecule has 0 aliphatic carbocycles. The predicted octanol–water partition coefficient (Wildman–Crippen LogP) is 2.42. The van der Waals surface area contributed by atoms with E-state index < -0.39 is 12.1 Å². The topological polar surface area (TPSA) is 64.6 Å². The highest BCUT2D eigenvalue weighted by molar-refractivity contribution is 5.96. The van der Waals surface area contributed by atoms with Gasteiger partial charge in [-0.25, -0.2) is 4.79 Å². The Bertz CT molecular complexity index is 684. The molecule has 0 saturated heterocycles. The van der Waals surface area contributed by atoms with Crippen LogP contribution in [0.3, 0.4) is 0 Å². The number of para-hydroxylation sites is 1. The highest BCUT2D eigenvalue weighted by Gasteiger charge is 2.28. The Kier molecular flexibility index (Phi) is 3.78. The molecule has 1 atom stereocenters. The molecule has 112 valence electrons. The first-order valence-corrected chi connectivity index (χ1v) is 6.91. The molecule has 0 fully saturated rings. The fraction of sp³-hybridized carbons (Fsp3) is 0.176. The van der Waals surface area contributed by atoms with Crippen LogP contribution in [-0.2, 0) is 16.0 Å². The summed E-state index contributed by atoms with van der Waals surface area (Å²) >= 11 is 0. The van der Waals surface area contributed by atoms with Gasteiger partial charge in [-0.1, -0.05) is 18.2 Å². The van der Waals surface area contributed by atoms with E-state index in [1.54, 1.807) is 24.3 Å². The van der Waals surface area contributed by atoms with Crippen LogP contribution in [-0.4, -0.2) is 25.1 Å². The fourth-order valence-corrected chi connectivity index (χ4v) is 2.36. The first kappa shape index (κ1) is 14.1. The summed E-state index contributed by atoms with van der Waals surface area (Å²) < 4.78 is 10.3. The van der Waals surface area contributed by atoms with Crippen molar-refractivity contribution in [1.29, 1.82) is 0 Å². The molecule has 1 aliphatic heterocycles. The Morgan fingerprint density at radius 3 is 2.55 bits per heavy atom. The lowest BCUT2D eigenvalue weighted by Crippen LogP contribution is -2.31. The van der Waals surface area contributed by atoms with Crippen LogP contribution in [0.5, 0.6) is 5.75 Å². The summed E-state index contributed by atoms with van der Waals surface area (Å²) in [6, 6.07) is 14.1. The second-order valence-electron chi connectivity index (χ2n) is 4.98. The predicted molar refractivity (Wildman–Crippen MR) is 81.0 cm³/mol. The van der Waals surface area contributed by atoms with E-state index in [4.69, 9.17) is 4.74 Å². The fourth-order valence-electron chi connectivity index (χ4n) is 2.36. The molecule has 0 aromatic heterocycles. The number of methoxy groups -OCH3 is 1. The van der Waals surface area contributed by atoms with Crippen LogP contribution in [0.1, 0.15) is 15.9 Å². The van der Waals surface area contributed by atoms with Crippen LogP contribution in [0.25, 0.3) is 0 Å². The monoisotopic (exact) mass is 297 g/mol. The van der Waals surface area contributed by atoms with Gasteiger partial charge in [0.25, 0.3) is 5.91 Å². The molecule has 2 aromatic rings. The van der Waals surface area contributed by atoms with E-state index in [0.717, 1.165) is 11.3 Å². The Morgan fingerprint density at radius 2 is 1.86 bits per heavy atom. The number of carbonyl (C=O) groups is 2. The quantitative estimate of drug-likeness (QED) is 0.884. The zero-order chi connectivity index (χ0) is 15.5. The Balaban J connectivity index is 1.64. The first-order valence-electron chi connectivity index (χ1n) is 6.91. The van der Waals surface area contributed by atoms with Gasteiger partial charge in [0.2, 0.25) is 0 Å². The number of fused-ring (bicyclic) bond motifs is 1. The van der Waals surface area contributed by atoms with Gasteiger partial charge < -0.3 is 14.8 Å². The van der Waals surface area contributed by atoms with Crippen LogP contribution in [0.15, 0.2) is 48.5 Å². The number of nitrogens with one attached hydrogen (secondary N) is 1. The highest BCUT2D eigenvalue weighted by atomic mass is 16.5. The van der Waals surface area contributed by atoms with Crippen molar-refractivity contribution in [2.45, 2.75) is 12.5 Å². The number of benzene rings is 2. The number of hydrogen-bond acceptors (Lipinski definition) is 4. The second-order valence-corrected chi connectivity index (χ2v) is 4.98. The average Bonchev–Trinajstić information content (AvgIpc) is 2.99. The van der Waals surface area contributed by atoms with E-state index in [1.165, 1.54) is 7.11 Å².